The zero-order valence-electron chi connectivity index (χ0n) is 5.50. The average molecular weight is 126 g/mol. The summed E-state index contributed by atoms with van der Waals surface area (Å²) in [6.45, 7) is 2.38. The van der Waals surface area contributed by atoms with E-state index in [9.17, 15) is 0 Å². The summed E-state index contributed by atoms with van der Waals surface area (Å²) in [5, 5.41) is 8.41. The second kappa shape index (κ2) is 2.81. The number of morpholine rings is 1. The van der Waals surface area contributed by atoms with Crippen LogP contribution >= 0.6 is 0 Å². The van der Waals surface area contributed by atoms with Gasteiger partial charge in [0.15, 0.2) is 6.10 Å². The maximum absolute atomic E-state index is 8.41. The molecule has 0 aromatic rings. The second-order valence-electron chi connectivity index (χ2n) is 2.25. The Kier molecular flexibility index (Phi) is 2.04. The number of ether oxygens (including phenoxy) is 1. The highest BCUT2D eigenvalue weighted by Gasteiger charge is 2.15. The van der Waals surface area contributed by atoms with E-state index in [1.54, 1.807) is 0 Å². The topological polar surface area (TPSA) is 36.3 Å². The molecule has 0 aliphatic carbocycles. The summed E-state index contributed by atoms with van der Waals surface area (Å²) >= 11 is 0. The van der Waals surface area contributed by atoms with E-state index in [1.165, 1.54) is 0 Å². The third-order valence-corrected chi connectivity index (χ3v) is 1.41. The minimum Gasteiger partial charge on any atom is -0.361 e. The first-order valence-corrected chi connectivity index (χ1v) is 3.02. The molecule has 3 nitrogen and oxygen atoms in total. The van der Waals surface area contributed by atoms with Crippen LogP contribution in [0.1, 0.15) is 0 Å². The normalized spacial score (nSPS) is 29.6. The van der Waals surface area contributed by atoms with E-state index in [1.807, 2.05) is 7.05 Å². The SMILES string of the molecule is CN1CCO[C@H](C#N)C1. The largest absolute Gasteiger partial charge is 0.361 e. The lowest BCUT2D eigenvalue weighted by molar-refractivity contribution is 0.0110. The van der Waals surface area contributed by atoms with Crippen LogP contribution in [0, 0.1) is 11.3 Å². The molecule has 1 heterocycles. The fraction of sp³-hybridized carbons (Fsp3) is 0.833. The molecule has 1 aliphatic rings. The van der Waals surface area contributed by atoms with Gasteiger partial charge in [-0.3, -0.25) is 0 Å². The highest BCUT2D eigenvalue weighted by molar-refractivity contribution is 4.88. The zero-order valence-corrected chi connectivity index (χ0v) is 5.50. The van der Waals surface area contributed by atoms with Gasteiger partial charge in [-0.25, -0.2) is 0 Å². The monoisotopic (exact) mass is 126 g/mol. The van der Waals surface area contributed by atoms with Crippen molar-refractivity contribution in [1.29, 1.82) is 5.26 Å². The standard InChI is InChI=1S/C6H10N2O/c1-8-2-3-9-6(4-7)5-8/h6H,2-3,5H2,1H3/t6-/m1/s1. The lowest BCUT2D eigenvalue weighted by atomic mass is 10.3. The number of nitrogens with zero attached hydrogens (tertiary/aromatic N) is 2. The smallest absolute Gasteiger partial charge is 0.156 e. The van der Waals surface area contributed by atoms with Crippen molar-refractivity contribution in [3.05, 3.63) is 0 Å². The molecule has 0 radical (unpaired) electrons. The summed E-state index contributed by atoms with van der Waals surface area (Å²) in [6, 6.07) is 2.07. The molecule has 0 aromatic heterocycles. The Balaban J connectivity index is 2.34. The van der Waals surface area contributed by atoms with Gasteiger partial charge in [0, 0.05) is 13.1 Å². The first-order valence-electron chi connectivity index (χ1n) is 3.02. The van der Waals surface area contributed by atoms with E-state index < -0.39 is 0 Å². The molecule has 0 spiro atoms. The predicted octanol–water partition coefficient (Wildman–Crippen LogP) is -0.159. The van der Waals surface area contributed by atoms with Gasteiger partial charge in [-0.2, -0.15) is 5.26 Å². The van der Waals surface area contributed by atoms with Gasteiger partial charge >= 0.3 is 0 Å². The fourth-order valence-electron chi connectivity index (χ4n) is 0.856. The van der Waals surface area contributed by atoms with Crippen LogP contribution in [0.15, 0.2) is 0 Å². The van der Waals surface area contributed by atoms with E-state index in [-0.39, 0.29) is 6.10 Å². The van der Waals surface area contributed by atoms with Gasteiger partial charge in [-0.15, -0.1) is 0 Å². The Morgan fingerprint density at radius 1 is 1.78 bits per heavy atom. The van der Waals surface area contributed by atoms with Crippen molar-refractivity contribution < 1.29 is 4.74 Å². The highest BCUT2D eigenvalue weighted by Crippen LogP contribution is 2.00. The molecular weight excluding hydrogens is 116 g/mol. The van der Waals surface area contributed by atoms with Crippen LogP contribution < -0.4 is 0 Å². The minimum atomic E-state index is -0.205. The first-order chi connectivity index (χ1) is 4.33. The van der Waals surface area contributed by atoms with Crippen molar-refractivity contribution in [2.75, 3.05) is 26.7 Å². The van der Waals surface area contributed by atoms with Gasteiger partial charge in [0.1, 0.15) is 0 Å². The minimum absolute atomic E-state index is 0.205. The molecule has 3 heteroatoms. The van der Waals surface area contributed by atoms with Crippen molar-refractivity contribution in [3.63, 3.8) is 0 Å². The quantitative estimate of drug-likeness (QED) is 0.452. The molecule has 0 saturated carbocycles. The Morgan fingerprint density at radius 3 is 3.00 bits per heavy atom. The first kappa shape index (κ1) is 6.53. The van der Waals surface area contributed by atoms with Crippen LogP contribution in [0.2, 0.25) is 0 Å². The lowest BCUT2D eigenvalue weighted by Crippen LogP contribution is -2.39. The molecule has 50 valence electrons. The van der Waals surface area contributed by atoms with Crippen LogP contribution in [-0.4, -0.2) is 37.7 Å². The van der Waals surface area contributed by atoms with Crippen molar-refractivity contribution in [2.45, 2.75) is 6.10 Å². The van der Waals surface area contributed by atoms with E-state index in [0.717, 1.165) is 13.1 Å². The molecule has 1 saturated heterocycles. The Hall–Kier alpha value is -0.590. The van der Waals surface area contributed by atoms with Gasteiger partial charge in [0.25, 0.3) is 0 Å². The molecule has 0 bridgehead atoms. The number of rotatable bonds is 0. The van der Waals surface area contributed by atoms with Gasteiger partial charge in [0.2, 0.25) is 0 Å². The molecular formula is C6H10N2O. The molecule has 1 rings (SSSR count). The summed E-state index contributed by atoms with van der Waals surface area (Å²) in [6.07, 6.45) is -0.205. The number of hydrogen-bond donors (Lipinski definition) is 0. The van der Waals surface area contributed by atoms with Crippen molar-refractivity contribution in [3.8, 4) is 6.07 Å². The van der Waals surface area contributed by atoms with E-state index >= 15 is 0 Å². The lowest BCUT2D eigenvalue weighted by Gasteiger charge is -2.25. The fourth-order valence-corrected chi connectivity index (χ4v) is 0.856. The Morgan fingerprint density at radius 2 is 2.56 bits per heavy atom. The maximum Gasteiger partial charge on any atom is 0.156 e. The zero-order chi connectivity index (χ0) is 6.69. The molecule has 1 aliphatic heterocycles. The maximum atomic E-state index is 8.41. The van der Waals surface area contributed by atoms with Crippen molar-refractivity contribution >= 4 is 0 Å². The van der Waals surface area contributed by atoms with Crippen LogP contribution in [-0.2, 0) is 4.74 Å². The van der Waals surface area contributed by atoms with Crippen LogP contribution in [0.25, 0.3) is 0 Å². The Bertz CT molecular complexity index is 130. The predicted molar refractivity (Wildman–Crippen MR) is 32.8 cm³/mol. The molecule has 0 unspecified atom stereocenters. The summed E-state index contributed by atoms with van der Waals surface area (Å²) in [5.74, 6) is 0. The summed E-state index contributed by atoms with van der Waals surface area (Å²) in [4.78, 5) is 2.09. The van der Waals surface area contributed by atoms with Crippen LogP contribution in [0.5, 0.6) is 0 Å². The number of nitriles is 1. The number of likely N-dealkylation sites (N-methyl/N-ethyl adjacent to an activating group) is 1. The van der Waals surface area contributed by atoms with E-state index in [0.29, 0.717) is 6.61 Å². The van der Waals surface area contributed by atoms with Gasteiger partial charge in [0.05, 0.1) is 12.7 Å². The average Bonchev–Trinajstić information content (AvgIpc) is 1.88. The van der Waals surface area contributed by atoms with E-state index in [2.05, 4.69) is 11.0 Å². The van der Waals surface area contributed by atoms with Gasteiger partial charge in [-0.1, -0.05) is 0 Å². The van der Waals surface area contributed by atoms with Crippen LogP contribution in [0.4, 0.5) is 0 Å². The summed E-state index contributed by atoms with van der Waals surface area (Å²) in [7, 11) is 1.99. The van der Waals surface area contributed by atoms with Crippen molar-refractivity contribution in [1.82, 2.24) is 4.90 Å². The van der Waals surface area contributed by atoms with Gasteiger partial charge in [-0.05, 0) is 7.05 Å². The summed E-state index contributed by atoms with van der Waals surface area (Å²) in [5.41, 5.74) is 0. The third kappa shape index (κ3) is 1.67. The molecule has 0 N–H and O–H groups in total. The molecule has 0 amide bonds. The summed E-state index contributed by atoms with van der Waals surface area (Å²) < 4.78 is 5.09. The molecule has 0 aromatic carbocycles. The van der Waals surface area contributed by atoms with E-state index in [4.69, 9.17) is 10.00 Å². The van der Waals surface area contributed by atoms with Crippen LogP contribution in [0.3, 0.4) is 0 Å². The molecule has 1 atom stereocenters. The van der Waals surface area contributed by atoms with Crippen molar-refractivity contribution in [2.24, 2.45) is 0 Å². The second-order valence-corrected chi connectivity index (χ2v) is 2.25. The Labute approximate surface area is 54.8 Å². The molecule has 1 fully saturated rings. The van der Waals surface area contributed by atoms with Gasteiger partial charge < -0.3 is 9.64 Å². The molecule has 9 heavy (non-hydrogen) atoms. The third-order valence-electron chi connectivity index (χ3n) is 1.41. The number of hydrogen-bond acceptors (Lipinski definition) is 3. The highest BCUT2D eigenvalue weighted by atomic mass is 16.5.